The molecule has 1 spiro atoms. The van der Waals surface area contributed by atoms with Gasteiger partial charge in [0.1, 0.15) is 5.60 Å². The second-order valence-electron chi connectivity index (χ2n) is 10.7. The van der Waals surface area contributed by atoms with Crippen molar-refractivity contribution in [3.05, 3.63) is 46.1 Å². The molecule has 4 aliphatic rings. The number of carbonyl (C=O) groups is 2. The Balaban J connectivity index is 1.56. The highest BCUT2D eigenvalue weighted by Gasteiger charge is 2.52. The van der Waals surface area contributed by atoms with E-state index in [0.29, 0.717) is 62.9 Å². The molecule has 1 fully saturated rings. The zero-order valence-electron chi connectivity index (χ0n) is 20.3. The van der Waals surface area contributed by atoms with Gasteiger partial charge in [0.2, 0.25) is 0 Å². The fraction of sp³-hybridized carbons (Fsp3) is 0.615. The van der Waals surface area contributed by atoms with E-state index in [1.165, 1.54) is 12.2 Å². The summed E-state index contributed by atoms with van der Waals surface area (Å²) in [5.41, 5.74) is 1.05. The Morgan fingerprint density at radius 1 is 1.06 bits per heavy atom. The van der Waals surface area contributed by atoms with E-state index in [2.05, 4.69) is 25.7 Å². The third-order valence-electron chi connectivity index (χ3n) is 7.55. The molecular weight excluding hydrogens is 445 g/mol. The van der Waals surface area contributed by atoms with Crippen molar-refractivity contribution in [1.82, 2.24) is 9.80 Å². The number of piperidine rings is 1. The van der Waals surface area contributed by atoms with Crippen molar-refractivity contribution in [1.29, 1.82) is 0 Å². The van der Waals surface area contributed by atoms with Gasteiger partial charge in [-0.15, -0.1) is 0 Å². The quantitative estimate of drug-likeness (QED) is 0.505. The van der Waals surface area contributed by atoms with Crippen LogP contribution in [0.25, 0.3) is 0 Å². The zero-order valence-corrected chi connectivity index (χ0v) is 20.3. The summed E-state index contributed by atoms with van der Waals surface area (Å²) in [5, 5.41) is 0. The molecule has 0 aromatic rings. The first-order chi connectivity index (χ1) is 15.8. The van der Waals surface area contributed by atoms with Crippen LogP contribution in [0.2, 0.25) is 0 Å². The number of hydrogen-bond acceptors (Lipinski definition) is 4. The fourth-order valence-corrected chi connectivity index (χ4v) is 5.48. The summed E-state index contributed by atoms with van der Waals surface area (Å²) in [5.74, 6) is -0.684. The number of allylic oxidation sites excluding steroid dienone is 3. The fourth-order valence-electron chi connectivity index (χ4n) is 5.48. The molecule has 1 aliphatic carbocycles. The van der Waals surface area contributed by atoms with Gasteiger partial charge in [-0.2, -0.15) is 13.2 Å². The highest BCUT2D eigenvalue weighted by Crippen LogP contribution is 2.43. The summed E-state index contributed by atoms with van der Waals surface area (Å²) < 4.78 is 45.5. The molecule has 5 nitrogen and oxygen atoms in total. The monoisotopic (exact) mass is 478 g/mol. The summed E-state index contributed by atoms with van der Waals surface area (Å²) in [6.45, 7) is 10.2. The molecular formula is C26H33F3N2O3. The maximum absolute atomic E-state index is 13.7. The second-order valence-corrected chi connectivity index (χ2v) is 10.7. The van der Waals surface area contributed by atoms with Gasteiger partial charge in [-0.25, -0.2) is 4.79 Å². The molecule has 4 rings (SSSR count). The summed E-state index contributed by atoms with van der Waals surface area (Å²) >= 11 is 0. The van der Waals surface area contributed by atoms with Crippen LogP contribution in [-0.2, 0) is 14.3 Å². The molecule has 0 bridgehead atoms. The Bertz CT molecular complexity index is 1000. The van der Waals surface area contributed by atoms with E-state index < -0.39 is 23.3 Å². The number of carbonyl (C=O) groups excluding carboxylic acids is 2. The van der Waals surface area contributed by atoms with Crippen LogP contribution < -0.4 is 0 Å². The van der Waals surface area contributed by atoms with Crippen LogP contribution in [0.15, 0.2) is 46.1 Å². The van der Waals surface area contributed by atoms with E-state index in [-0.39, 0.29) is 18.0 Å². The van der Waals surface area contributed by atoms with Gasteiger partial charge in [0.15, 0.2) is 0 Å². The molecule has 0 N–H and O–H groups in total. The molecule has 0 atom stereocenters. The van der Waals surface area contributed by atoms with Crippen LogP contribution in [0.3, 0.4) is 0 Å². The molecule has 186 valence electrons. The average molecular weight is 479 g/mol. The second kappa shape index (κ2) is 8.70. The average Bonchev–Trinajstić information content (AvgIpc) is 2.96. The minimum Gasteiger partial charge on any atom is -0.450 e. The van der Waals surface area contributed by atoms with Crippen molar-refractivity contribution in [2.75, 3.05) is 26.2 Å². The van der Waals surface area contributed by atoms with Crippen molar-refractivity contribution in [2.24, 2.45) is 0 Å². The molecule has 0 saturated carbocycles. The van der Waals surface area contributed by atoms with Gasteiger partial charge in [-0.05, 0) is 52.5 Å². The van der Waals surface area contributed by atoms with E-state index in [0.717, 1.165) is 17.2 Å². The number of rotatable bonds is 1. The number of amides is 1. The van der Waals surface area contributed by atoms with Crippen LogP contribution in [0.4, 0.5) is 13.2 Å². The number of ether oxygens (including phenoxy) is 1. The van der Waals surface area contributed by atoms with E-state index >= 15 is 0 Å². The first-order valence-corrected chi connectivity index (χ1v) is 12.0. The van der Waals surface area contributed by atoms with Crippen molar-refractivity contribution in [3.63, 3.8) is 0 Å². The smallest absolute Gasteiger partial charge is 0.416 e. The van der Waals surface area contributed by atoms with Gasteiger partial charge >= 0.3 is 12.1 Å². The predicted molar refractivity (Wildman–Crippen MR) is 123 cm³/mol. The van der Waals surface area contributed by atoms with E-state index in [9.17, 15) is 22.8 Å². The van der Waals surface area contributed by atoms with Gasteiger partial charge < -0.3 is 9.64 Å². The largest absolute Gasteiger partial charge is 0.450 e. The van der Waals surface area contributed by atoms with Gasteiger partial charge in [-0.3, -0.25) is 9.69 Å². The summed E-state index contributed by atoms with van der Waals surface area (Å²) in [6.07, 6.45) is 2.06. The maximum atomic E-state index is 13.7. The van der Waals surface area contributed by atoms with Gasteiger partial charge in [-0.1, -0.05) is 23.8 Å². The van der Waals surface area contributed by atoms with Crippen LogP contribution in [0.1, 0.15) is 59.8 Å². The Hall–Kier alpha value is -2.35. The topological polar surface area (TPSA) is 49.9 Å². The molecule has 0 unspecified atom stereocenters. The number of nitrogens with zero attached hydrogens (tertiary/aromatic N) is 2. The highest BCUT2D eigenvalue weighted by atomic mass is 19.4. The van der Waals surface area contributed by atoms with Gasteiger partial charge in [0.05, 0.1) is 11.1 Å². The Morgan fingerprint density at radius 2 is 1.74 bits per heavy atom. The van der Waals surface area contributed by atoms with Gasteiger partial charge in [0, 0.05) is 50.1 Å². The lowest BCUT2D eigenvalue weighted by molar-refractivity contribution is -0.152. The summed E-state index contributed by atoms with van der Waals surface area (Å²) in [7, 11) is 0. The number of hydrogen-bond donors (Lipinski definition) is 0. The van der Waals surface area contributed by atoms with E-state index in [1.54, 1.807) is 11.8 Å². The molecule has 0 radical (unpaired) electrons. The minimum atomic E-state index is -4.39. The van der Waals surface area contributed by atoms with Crippen molar-refractivity contribution >= 4 is 11.9 Å². The van der Waals surface area contributed by atoms with E-state index in [1.807, 2.05) is 0 Å². The van der Waals surface area contributed by atoms with Crippen molar-refractivity contribution in [2.45, 2.75) is 77.1 Å². The molecule has 0 aromatic heterocycles. The van der Waals surface area contributed by atoms with E-state index in [4.69, 9.17) is 4.74 Å². The molecule has 1 amide bonds. The SMILES string of the molecule is CC1=C(C(=O)N2CCC3=C(C=CC(C(F)(F)F)=CCC3)C2)C2(CCN(C(C)(C)C)CC2)OC1=O. The van der Waals surface area contributed by atoms with Crippen LogP contribution in [0.5, 0.6) is 0 Å². The normalized spacial score (nSPS) is 24.1. The minimum absolute atomic E-state index is 0.0167. The first kappa shape index (κ1) is 24.8. The first-order valence-electron chi connectivity index (χ1n) is 12.0. The lowest BCUT2D eigenvalue weighted by atomic mass is 9.81. The third-order valence-corrected chi connectivity index (χ3v) is 7.55. The summed E-state index contributed by atoms with van der Waals surface area (Å²) in [6, 6.07) is 0. The highest BCUT2D eigenvalue weighted by molar-refractivity contribution is 6.07. The number of esters is 1. The standard InChI is InChI=1S/C26H33F3N2O3/c1-17-21(25(34-23(17)33)11-14-31(15-12-25)24(2,3)4)22(32)30-13-10-18-6-5-7-20(26(27,28)29)9-8-19(18)16-30/h7-9H,5-6,10-16H2,1-4H3. The lowest BCUT2D eigenvalue weighted by Gasteiger charge is -2.45. The summed E-state index contributed by atoms with van der Waals surface area (Å²) in [4.78, 5) is 30.3. The lowest BCUT2D eigenvalue weighted by Crippen LogP contribution is -2.54. The van der Waals surface area contributed by atoms with Crippen LogP contribution in [0, 0.1) is 0 Å². The predicted octanol–water partition coefficient (Wildman–Crippen LogP) is 4.86. The molecule has 1 saturated heterocycles. The number of halogens is 3. The van der Waals surface area contributed by atoms with Gasteiger partial charge in [0.25, 0.3) is 5.91 Å². The van der Waals surface area contributed by atoms with Crippen LogP contribution in [-0.4, -0.2) is 65.2 Å². The molecule has 3 aliphatic heterocycles. The Morgan fingerprint density at radius 3 is 2.35 bits per heavy atom. The van der Waals surface area contributed by atoms with Crippen LogP contribution >= 0.6 is 0 Å². The van der Waals surface area contributed by atoms with Crippen molar-refractivity contribution in [3.8, 4) is 0 Å². The molecule has 3 heterocycles. The molecule has 0 aromatic carbocycles. The third kappa shape index (κ3) is 4.61. The Kier molecular flexibility index (Phi) is 6.34. The number of alkyl halides is 3. The number of likely N-dealkylation sites (tertiary alicyclic amines) is 1. The molecule has 34 heavy (non-hydrogen) atoms. The maximum Gasteiger partial charge on any atom is 0.416 e. The van der Waals surface area contributed by atoms with Crippen molar-refractivity contribution < 1.29 is 27.5 Å². The molecule has 8 heteroatoms. The zero-order chi connectivity index (χ0) is 24.9. The Labute approximate surface area is 199 Å².